The standard InChI is InChI=1S/C20H25N3O/c1-22(2)15-20(24)23-13-7-12-19(23)18-11-6-10-17(21-18)14-16-8-4-3-5-9-16/h3-6,8-11,19H,7,12-15H2,1-2H3. The van der Waals surface area contributed by atoms with Crippen LogP contribution in [0.5, 0.6) is 0 Å². The van der Waals surface area contributed by atoms with Gasteiger partial charge in [0.25, 0.3) is 0 Å². The number of hydrogen-bond donors (Lipinski definition) is 0. The van der Waals surface area contributed by atoms with Crippen molar-refractivity contribution in [2.75, 3.05) is 27.2 Å². The monoisotopic (exact) mass is 323 g/mol. The predicted molar refractivity (Wildman–Crippen MR) is 95.7 cm³/mol. The van der Waals surface area contributed by atoms with Crippen molar-refractivity contribution in [3.63, 3.8) is 0 Å². The molecule has 1 unspecified atom stereocenters. The molecule has 0 aliphatic carbocycles. The minimum atomic E-state index is 0.119. The van der Waals surface area contributed by atoms with Gasteiger partial charge in [-0.2, -0.15) is 0 Å². The average molecular weight is 323 g/mol. The van der Waals surface area contributed by atoms with Crippen LogP contribution in [0, 0.1) is 0 Å². The van der Waals surface area contributed by atoms with Gasteiger partial charge in [0.2, 0.25) is 5.91 Å². The summed E-state index contributed by atoms with van der Waals surface area (Å²) >= 11 is 0. The summed E-state index contributed by atoms with van der Waals surface area (Å²) in [5.74, 6) is 0.192. The zero-order valence-electron chi connectivity index (χ0n) is 14.5. The molecule has 2 aromatic rings. The lowest BCUT2D eigenvalue weighted by atomic mass is 10.1. The number of benzene rings is 1. The van der Waals surface area contributed by atoms with Crippen molar-refractivity contribution in [3.8, 4) is 0 Å². The number of carbonyl (C=O) groups is 1. The second kappa shape index (κ2) is 7.58. The molecule has 1 atom stereocenters. The molecule has 1 aliphatic rings. The van der Waals surface area contributed by atoms with E-state index in [9.17, 15) is 4.79 Å². The Bertz CT molecular complexity index is 684. The van der Waals surface area contributed by atoms with Crippen LogP contribution in [0.4, 0.5) is 0 Å². The first-order valence-corrected chi connectivity index (χ1v) is 8.57. The summed E-state index contributed by atoms with van der Waals surface area (Å²) in [5, 5.41) is 0. The molecule has 0 bridgehead atoms. The van der Waals surface area contributed by atoms with Gasteiger partial charge in [-0.1, -0.05) is 36.4 Å². The Morgan fingerprint density at radius 3 is 2.71 bits per heavy atom. The molecule has 4 nitrogen and oxygen atoms in total. The fourth-order valence-corrected chi connectivity index (χ4v) is 3.32. The van der Waals surface area contributed by atoms with Gasteiger partial charge in [-0.25, -0.2) is 0 Å². The molecule has 126 valence electrons. The van der Waals surface area contributed by atoms with Gasteiger partial charge in [0, 0.05) is 18.7 Å². The Balaban J connectivity index is 1.76. The third-order valence-electron chi connectivity index (χ3n) is 4.42. The van der Waals surface area contributed by atoms with Crippen LogP contribution >= 0.6 is 0 Å². The van der Waals surface area contributed by atoms with E-state index >= 15 is 0 Å². The van der Waals surface area contributed by atoms with Crippen LogP contribution in [0.15, 0.2) is 48.5 Å². The Morgan fingerprint density at radius 2 is 1.96 bits per heavy atom. The van der Waals surface area contributed by atoms with E-state index in [-0.39, 0.29) is 11.9 Å². The SMILES string of the molecule is CN(C)CC(=O)N1CCCC1c1cccc(Cc2ccccc2)n1. The molecule has 1 fully saturated rings. The highest BCUT2D eigenvalue weighted by atomic mass is 16.2. The second-order valence-electron chi connectivity index (χ2n) is 6.70. The van der Waals surface area contributed by atoms with Crippen molar-refractivity contribution < 1.29 is 4.79 Å². The molecule has 0 spiro atoms. The number of pyridine rings is 1. The lowest BCUT2D eigenvalue weighted by Crippen LogP contribution is -2.37. The van der Waals surface area contributed by atoms with Gasteiger partial charge in [0.1, 0.15) is 0 Å². The fourth-order valence-electron chi connectivity index (χ4n) is 3.32. The van der Waals surface area contributed by atoms with E-state index in [2.05, 4.69) is 42.5 Å². The van der Waals surface area contributed by atoms with Crippen LogP contribution in [0.3, 0.4) is 0 Å². The number of hydrogen-bond acceptors (Lipinski definition) is 3. The molecule has 2 heterocycles. The summed E-state index contributed by atoms with van der Waals surface area (Å²) in [6, 6.07) is 16.7. The van der Waals surface area contributed by atoms with Gasteiger partial charge < -0.3 is 9.80 Å². The average Bonchev–Trinajstić information content (AvgIpc) is 3.05. The van der Waals surface area contributed by atoms with E-state index in [0.717, 1.165) is 37.2 Å². The number of rotatable bonds is 5. The smallest absolute Gasteiger partial charge is 0.237 e. The predicted octanol–water partition coefficient (Wildman–Crippen LogP) is 2.90. The van der Waals surface area contributed by atoms with Gasteiger partial charge in [-0.15, -0.1) is 0 Å². The first-order valence-electron chi connectivity index (χ1n) is 8.57. The van der Waals surface area contributed by atoms with E-state index in [4.69, 9.17) is 4.98 Å². The van der Waals surface area contributed by atoms with Crippen molar-refractivity contribution in [1.82, 2.24) is 14.8 Å². The highest BCUT2D eigenvalue weighted by molar-refractivity contribution is 5.79. The van der Waals surface area contributed by atoms with Crippen LogP contribution in [-0.4, -0.2) is 47.9 Å². The van der Waals surface area contributed by atoms with E-state index in [1.54, 1.807) is 0 Å². The first kappa shape index (κ1) is 16.7. The highest BCUT2D eigenvalue weighted by Crippen LogP contribution is 2.31. The third-order valence-corrected chi connectivity index (χ3v) is 4.42. The summed E-state index contributed by atoms with van der Waals surface area (Å²) in [4.78, 5) is 21.2. The number of nitrogens with zero attached hydrogens (tertiary/aromatic N) is 3. The Hall–Kier alpha value is -2.20. The fraction of sp³-hybridized carbons (Fsp3) is 0.400. The summed E-state index contributed by atoms with van der Waals surface area (Å²) in [6.45, 7) is 1.29. The van der Waals surface area contributed by atoms with E-state index < -0.39 is 0 Å². The van der Waals surface area contributed by atoms with Crippen molar-refractivity contribution in [3.05, 3.63) is 65.5 Å². The molecule has 1 saturated heterocycles. The number of carbonyl (C=O) groups excluding carboxylic acids is 1. The minimum Gasteiger partial charge on any atom is -0.333 e. The summed E-state index contributed by atoms with van der Waals surface area (Å²) in [5.41, 5.74) is 3.34. The molecule has 1 amide bonds. The van der Waals surface area contributed by atoms with E-state index in [1.807, 2.05) is 30.0 Å². The lowest BCUT2D eigenvalue weighted by Gasteiger charge is -2.26. The molecule has 4 heteroatoms. The quantitative estimate of drug-likeness (QED) is 0.849. The zero-order chi connectivity index (χ0) is 16.9. The van der Waals surface area contributed by atoms with E-state index in [0.29, 0.717) is 6.54 Å². The Labute approximate surface area is 144 Å². The Kier molecular flexibility index (Phi) is 5.26. The zero-order valence-corrected chi connectivity index (χ0v) is 14.5. The number of amides is 1. The normalized spacial score (nSPS) is 17.5. The number of likely N-dealkylation sites (tertiary alicyclic amines) is 1. The molecule has 0 radical (unpaired) electrons. The van der Waals surface area contributed by atoms with Gasteiger partial charge in [0.05, 0.1) is 18.3 Å². The number of aromatic nitrogens is 1. The largest absolute Gasteiger partial charge is 0.333 e. The summed E-state index contributed by atoms with van der Waals surface area (Å²) in [6.07, 6.45) is 2.88. The molecular weight excluding hydrogens is 298 g/mol. The van der Waals surface area contributed by atoms with Gasteiger partial charge >= 0.3 is 0 Å². The third kappa shape index (κ3) is 4.01. The first-order chi connectivity index (χ1) is 11.6. The topological polar surface area (TPSA) is 36.4 Å². The Morgan fingerprint density at radius 1 is 1.17 bits per heavy atom. The molecule has 24 heavy (non-hydrogen) atoms. The van der Waals surface area contributed by atoms with E-state index in [1.165, 1.54) is 5.56 Å². The maximum absolute atomic E-state index is 12.5. The van der Waals surface area contributed by atoms with Crippen molar-refractivity contribution >= 4 is 5.91 Å². The molecule has 1 aliphatic heterocycles. The molecular formula is C20H25N3O. The van der Waals surface area contributed by atoms with Gasteiger partial charge in [0.15, 0.2) is 0 Å². The van der Waals surface area contributed by atoms with Crippen LogP contribution in [-0.2, 0) is 11.2 Å². The van der Waals surface area contributed by atoms with Crippen LogP contribution in [0.1, 0.15) is 35.8 Å². The summed E-state index contributed by atoms with van der Waals surface area (Å²) in [7, 11) is 3.86. The maximum Gasteiger partial charge on any atom is 0.237 e. The molecule has 0 saturated carbocycles. The van der Waals surface area contributed by atoms with Gasteiger partial charge in [-0.05, 0) is 44.6 Å². The van der Waals surface area contributed by atoms with Crippen LogP contribution in [0.2, 0.25) is 0 Å². The van der Waals surface area contributed by atoms with Gasteiger partial charge in [-0.3, -0.25) is 9.78 Å². The number of likely N-dealkylation sites (N-methyl/N-ethyl adjacent to an activating group) is 1. The molecule has 3 rings (SSSR count). The van der Waals surface area contributed by atoms with Crippen molar-refractivity contribution in [2.45, 2.75) is 25.3 Å². The molecule has 0 N–H and O–H groups in total. The second-order valence-corrected chi connectivity index (χ2v) is 6.70. The molecule has 1 aromatic heterocycles. The summed E-state index contributed by atoms with van der Waals surface area (Å²) < 4.78 is 0. The lowest BCUT2D eigenvalue weighted by molar-refractivity contribution is -0.132. The highest BCUT2D eigenvalue weighted by Gasteiger charge is 2.30. The van der Waals surface area contributed by atoms with Crippen molar-refractivity contribution in [2.24, 2.45) is 0 Å². The van der Waals surface area contributed by atoms with Crippen LogP contribution in [0.25, 0.3) is 0 Å². The maximum atomic E-state index is 12.5. The molecule has 1 aromatic carbocycles. The van der Waals surface area contributed by atoms with Crippen molar-refractivity contribution in [1.29, 1.82) is 0 Å². The minimum absolute atomic E-state index is 0.119. The van der Waals surface area contributed by atoms with Crippen LogP contribution < -0.4 is 0 Å².